The number of amides is 1. The van der Waals surface area contributed by atoms with Gasteiger partial charge in [-0.05, 0) is 74.6 Å². The molecule has 0 radical (unpaired) electrons. The van der Waals surface area contributed by atoms with E-state index >= 15 is 13.2 Å². The number of carbonyl (C=O) groups is 1. The van der Waals surface area contributed by atoms with E-state index in [2.05, 4.69) is 15.5 Å². The number of ether oxygens (including phenoxy) is 1. The highest BCUT2D eigenvalue weighted by Crippen LogP contribution is 2.43. The lowest BCUT2D eigenvalue weighted by molar-refractivity contribution is -0.00311. The number of fused-ring (bicyclic) bond motifs is 1. The van der Waals surface area contributed by atoms with Gasteiger partial charge in [0.25, 0.3) is 17.7 Å². The molecule has 0 atom stereocenters. The molecule has 3 aromatic rings. The number of alkyl halides is 2. The molecule has 1 N–H and O–H groups in total. The van der Waals surface area contributed by atoms with Gasteiger partial charge in [0.05, 0.1) is 12.2 Å². The number of benzene rings is 2. The molecule has 2 aliphatic carbocycles. The Labute approximate surface area is 201 Å². The number of nitrogens with one attached hydrogen (secondary N) is 1. The van der Waals surface area contributed by atoms with Gasteiger partial charge < -0.3 is 10.1 Å². The monoisotopic (exact) mass is 481 g/mol. The molecule has 1 fully saturated rings. The summed E-state index contributed by atoms with van der Waals surface area (Å²) < 4.78 is 50.8. The molecule has 1 amide bonds. The van der Waals surface area contributed by atoms with Crippen LogP contribution in [0, 0.1) is 19.7 Å². The van der Waals surface area contributed by atoms with Gasteiger partial charge in [0, 0.05) is 5.56 Å². The normalized spacial score (nSPS) is 15.1. The Kier molecular flexibility index (Phi) is 5.99. The van der Waals surface area contributed by atoms with Gasteiger partial charge in [0.15, 0.2) is 11.6 Å². The minimum atomic E-state index is -3.28. The largest absolute Gasteiger partial charge is 0.434 e. The first-order chi connectivity index (χ1) is 16.7. The number of halogens is 3. The number of aromatic nitrogens is 2. The van der Waals surface area contributed by atoms with Crippen molar-refractivity contribution < 1.29 is 22.7 Å². The first-order valence-corrected chi connectivity index (χ1v) is 11.8. The first kappa shape index (κ1) is 23.3. The Hall–Kier alpha value is -3.42. The molecular weight excluding hydrogens is 455 g/mol. The maximum Gasteiger partial charge on any atom is 0.290 e. The molecule has 2 aromatic carbocycles. The summed E-state index contributed by atoms with van der Waals surface area (Å²) >= 11 is 0. The van der Waals surface area contributed by atoms with Crippen LogP contribution >= 0.6 is 0 Å². The van der Waals surface area contributed by atoms with Crippen molar-refractivity contribution >= 4 is 5.91 Å². The number of hydrogen-bond acceptors (Lipinski definition) is 4. The van der Waals surface area contributed by atoms with Gasteiger partial charge >= 0.3 is 0 Å². The van der Waals surface area contributed by atoms with Gasteiger partial charge in [0.2, 0.25) is 0 Å². The standard InChI is InChI=1S/C27H26F3N3O2/c1-15-9-12-20(16(2)13-15)27(29,30)14-31-25(34)23-19-6-3-7-21(19)32-33-26(23)35-22-8-4-5-18(24(22)28)17-10-11-17/h4-5,8-9,12-13,17H,3,6-7,10-11,14H2,1-2H3,(H,31,34). The maximum atomic E-state index is 15.0. The highest BCUT2D eigenvalue weighted by atomic mass is 19.3. The van der Waals surface area contributed by atoms with E-state index in [1.807, 2.05) is 6.92 Å². The van der Waals surface area contributed by atoms with Crippen LogP contribution in [0.2, 0.25) is 0 Å². The fraction of sp³-hybridized carbons (Fsp3) is 0.370. The van der Waals surface area contributed by atoms with Crippen LogP contribution in [0.1, 0.15) is 69.0 Å². The molecule has 2 aliphatic rings. The molecule has 35 heavy (non-hydrogen) atoms. The SMILES string of the molecule is Cc1ccc(C(F)(F)CNC(=O)c2c(Oc3cccc(C4CC4)c3F)nnc3c2CCC3)c(C)c1. The van der Waals surface area contributed by atoms with Gasteiger partial charge in [0.1, 0.15) is 5.56 Å². The van der Waals surface area contributed by atoms with E-state index in [1.54, 1.807) is 31.2 Å². The van der Waals surface area contributed by atoms with E-state index < -0.39 is 24.2 Å². The average Bonchev–Trinajstić information content (AvgIpc) is 3.55. The molecule has 182 valence electrons. The molecule has 0 unspecified atom stereocenters. The van der Waals surface area contributed by atoms with E-state index in [-0.39, 0.29) is 28.7 Å². The Balaban J connectivity index is 1.43. The number of nitrogens with zero attached hydrogens (tertiary/aromatic N) is 2. The molecule has 0 bridgehead atoms. The Morgan fingerprint density at radius 1 is 1.14 bits per heavy atom. The third-order valence-electron chi connectivity index (χ3n) is 6.66. The van der Waals surface area contributed by atoms with Gasteiger partial charge in [-0.2, -0.15) is 13.9 Å². The van der Waals surface area contributed by atoms with Crippen molar-refractivity contribution in [2.24, 2.45) is 0 Å². The van der Waals surface area contributed by atoms with E-state index in [0.717, 1.165) is 24.8 Å². The minimum absolute atomic E-state index is 0.0418. The smallest absolute Gasteiger partial charge is 0.290 e. The third-order valence-corrected chi connectivity index (χ3v) is 6.66. The van der Waals surface area contributed by atoms with Gasteiger partial charge in [-0.1, -0.05) is 35.9 Å². The lowest BCUT2D eigenvalue weighted by Crippen LogP contribution is -2.36. The summed E-state index contributed by atoms with van der Waals surface area (Å²) in [5.41, 5.74) is 3.04. The maximum absolute atomic E-state index is 15.0. The van der Waals surface area contributed by atoms with Crippen molar-refractivity contribution in [2.45, 2.75) is 57.8 Å². The zero-order chi connectivity index (χ0) is 24.7. The second-order valence-corrected chi connectivity index (χ2v) is 9.40. The number of hydrogen-bond donors (Lipinski definition) is 1. The van der Waals surface area contributed by atoms with Crippen LogP contribution in [0.3, 0.4) is 0 Å². The van der Waals surface area contributed by atoms with Crippen LogP contribution in [0.15, 0.2) is 36.4 Å². The topological polar surface area (TPSA) is 64.1 Å². The zero-order valence-corrected chi connectivity index (χ0v) is 19.6. The van der Waals surface area contributed by atoms with Crippen LogP contribution in [-0.4, -0.2) is 22.6 Å². The van der Waals surface area contributed by atoms with Crippen molar-refractivity contribution in [2.75, 3.05) is 6.54 Å². The summed E-state index contributed by atoms with van der Waals surface area (Å²) in [6.45, 7) is 2.56. The highest BCUT2D eigenvalue weighted by Gasteiger charge is 2.35. The van der Waals surface area contributed by atoms with Crippen LogP contribution < -0.4 is 10.1 Å². The van der Waals surface area contributed by atoms with Crippen molar-refractivity contribution in [3.05, 3.63) is 81.3 Å². The van der Waals surface area contributed by atoms with Crippen LogP contribution in [-0.2, 0) is 18.8 Å². The molecular formula is C27H26F3N3O2. The molecule has 0 aliphatic heterocycles. The van der Waals surface area contributed by atoms with Crippen molar-refractivity contribution in [3.8, 4) is 11.6 Å². The van der Waals surface area contributed by atoms with Crippen molar-refractivity contribution in [3.63, 3.8) is 0 Å². The quantitative estimate of drug-likeness (QED) is 0.456. The zero-order valence-electron chi connectivity index (χ0n) is 19.6. The molecule has 0 spiro atoms. The van der Waals surface area contributed by atoms with E-state index in [1.165, 1.54) is 12.1 Å². The minimum Gasteiger partial charge on any atom is -0.434 e. The molecule has 1 aromatic heterocycles. The number of rotatable bonds is 7. The van der Waals surface area contributed by atoms with Gasteiger partial charge in [-0.25, -0.2) is 4.39 Å². The first-order valence-electron chi connectivity index (χ1n) is 11.8. The second-order valence-electron chi connectivity index (χ2n) is 9.40. The van der Waals surface area contributed by atoms with Crippen molar-refractivity contribution in [1.29, 1.82) is 0 Å². The molecule has 5 nitrogen and oxygen atoms in total. The number of aryl methyl sites for hydroxylation is 3. The van der Waals surface area contributed by atoms with Crippen LogP contribution in [0.5, 0.6) is 11.6 Å². The number of carbonyl (C=O) groups excluding carboxylic acids is 1. The van der Waals surface area contributed by atoms with E-state index in [4.69, 9.17) is 4.74 Å². The van der Waals surface area contributed by atoms with Gasteiger partial charge in [-0.3, -0.25) is 4.79 Å². The highest BCUT2D eigenvalue weighted by molar-refractivity contribution is 5.98. The predicted molar refractivity (Wildman–Crippen MR) is 125 cm³/mol. The molecule has 1 heterocycles. The molecule has 5 rings (SSSR count). The Bertz CT molecular complexity index is 1310. The Morgan fingerprint density at radius 3 is 2.69 bits per heavy atom. The summed E-state index contributed by atoms with van der Waals surface area (Å²) in [4.78, 5) is 13.2. The van der Waals surface area contributed by atoms with E-state index in [0.29, 0.717) is 35.2 Å². The van der Waals surface area contributed by atoms with Crippen LogP contribution in [0.4, 0.5) is 13.2 Å². The average molecular weight is 482 g/mol. The summed E-state index contributed by atoms with van der Waals surface area (Å²) in [5.74, 6) is -4.58. The molecule has 8 heteroatoms. The molecule has 0 saturated heterocycles. The lowest BCUT2D eigenvalue weighted by Gasteiger charge is -2.21. The summed E-state index contributed by atoms with van der Waals surface area (Å²) in [6.07, 6.45) is 3.77. The molecule has 1 saturated carbocycles. The third kappa shape index (κ3) is 4.61. The Morgan fingerprint density at radius 2 is 1.94 bits per heavy atom. The predicted octanol–water partition coefficient (Wildman–Crippen LogP) is 5.91. The van der Waals surface area contributed by atoms with E-state index in [9.17, 15) is 4.79 Å². The summed E-state index contributed by atoms with van der Waals surface area (Å²) in [7, 11) is 0. The fourth-order valence-corrected chi connectivity index (χ4v) is 4.72. The summed E-state index contributed by atoms with van der Waals surface area (Å²) in [5, 5.41) is 10.5. The van der Waals surface area contributed by atoms with Crippen molar-refractivity contribution in [1.82, 2.24) is 15.5 Å². The fourth-order valence-electron chi connectivity index (χ4n) is 4.72. The lowest BCUT2D eigenvalue weighted by atomic mass is 10.00. The summed E-state index contributed by atoms with van der Waals surface area (Å²) in [6, 6.07) is 9.56. The second kappa shape index (κ2) is 8.98. The van der Waals surface area contributed by atoms with Crippen LogP contribution in [0.25, 0.3) is 0 Å². The van der Waals surface area contributed by atoms with Gasteiger partial charge in [-0.15, -0.1) is 5.10 Å².